The second-order valence-electron chi connectivity index (χ2n) is 4.48. The van der Waals surface area contributed by atoms with Crippen LogP contribution in [0, 0.1) is 0 Å². The van der Waals surface area contributed by atoms with Gasteiger partial charge in [-0.05, 0) is 33.2 Å². The van der Waals surface area contributed by atoms with Crippen LogP contribution in [0.5, 0.6) is 0 Å². The lowest BCUT2D eigenvalue weighted by atomic mass is 10.1. The smallest absolute Gasteiger partial charge is 0.391 e. The second kappa shape index (κ2) is 6.14. The zero-order chi connectivity index (χ0) is 14.7. The first kappa shape index (κ1) is 17.0. The number of aliphatic hydroxyl groups excluding tert-OH is 1. The Morgan fingerprint density at radius 1 is 1.05 bits per heavy atom. The number of hydrogen-bond donors (Lipinski definition) is 4. The number of ether oxygens (including phenoxy) is 1. The molecule has 1 rings (SSSR count). The van der Waals surface area contributed by atoms with E-state index in [1.807, 2.05) is 0 Å². The Morgan fingerprint density at radius 2 is 1.58 bits per heavy atom. The first-order valence-corrected chi connectivity index (χ1v) is 8.60. The Kier molecular flexibility index (Phi) is 5.49. The maximum atomic E-state index is 10.7. The summed E-state index contributed by atoms with van der Waals surface area (Å²) in [6.45, 7) is 5.57. The quantitative estimate of drug-likeness (QED) is 0.376. The van der Waals surface area contributed by atoms with Crippen LogP contribution in [0.15, 0.2) is 0 Å². The van der Waals surface area contributed by atoms with Crippen LogP contribution < -0.4 is 0 Å². The Labute approximate surface area is 114 Å². The highest BCUT2D eigenvalue weighted by molar-refractivity contribution is 6.70. The van der Waals surface area contributed by atoms with E-state index in [-0.39, 0.29) is 32.3 Å². The normalized spacial score (nSPS) is 33.3. The molecule has 1 saturated heterocycles. The molecule has 0 aliphatic carbocycles. The van der Waals surface area contributed by atoms with Gasteiger partial charge in [-0.1, -0.05) is 0 Å². The summed E-state index contributed by atoms with van der Waals surface area (Å²) < 4.78 is 16.3. The van der Waals surface area contributed by atoms with Gasteiger partial charge < -0.3 is 34.0 Å². The molecule has 0 aromatic carbocycles. The number of hydrogen-bond acceptors (Lipinski definition) is 7. The number of rotatable bonds is 6. The monoisotopic (exact) mass is 296 g/mol. The van der Waals surface area contributed by atoms with Gasteiger partial charge in [-0.15, -0.1) is 0 Å². The van der Waals surface area contributed by atoms with Crippen molar-refractivity contribution in [1.82, 2.24) is 0 Å². The molecule has 4 N–H and O–H groups in total. The zero-order valence-electron chi connectivity index (χ0n) is 11.6. The molecule has 0 bridgehead atoms. The van der Waals surface area contributed by atoms with Crippen molar-refractivity contribution in [3.05, 3.63) is 0 Å². The summed E-state index contributed by atoms with van der Waals surface area (Å²) in [5, 5.41) is 40.6. The molecule has 0 spiro atoms. The van der Waals surface area contributed by atoms with Gasteiger partial charge in [0.2, 0.25) is 5.79 Å². The van der Waals surface area contributed by atoms with E-state index in [1.54, 1.807) is 20.8 Å². The van der Waals surface area contributed by atoms with Gasteiger partial charge in [0.15, 0.2) is 0 Å². The Bertz CT molecular complexity index is 293. The lowest BCUT2D eigenvalue weighted by Crippen LogP contribution is -2.80. The standard InChI is InChI=1S/C11H24O7Si/c1-4-16-11(15)10(13,14)9(12)7-8-19(11,17-5-2)18-6-3/h9,12-15H,4-8H2,1-3H3. The fraction of sp³-hybridized carbons (Fsp3) is 1.00. The van der Waals surface area contributed by atoms with Gasteiger partial charge in [0.1, 0.15) is 6.10 Å². The summed E-state index contributed by atoms with van der Waals surface area (Å²) in [6, 6.07) is 0.217. The Morgan fingerprint density at radius 3 is 2.00 bits per heavy atom. The third-order valence-electron chi connectivity index (χ3n) is 3.33. The van der Waals surface area contributed by atoms with Gasteiger partial charge in [-0.2, -0.15) is 0 Å². The molecular formula is C11H24O7Si. The first-order chi connectivity index (χ1) is 8.81. The fourth-order valence-electron chi connectivity index (χ4n) is 2.48. The average Bonchev–Trinajstić information content (AvgIpc) is 2.34. The lowest BCUT2D eigenvalue weighted by Gasteiger charge is -2.52. The van der Waals surface area contributed by atoms with Gasteiger partial charge in [0.05, 0.1) is 0 Å². The minimum absolute atomic E-state index is 0.0288. The summed E-state index contributed by atoms with van der Waals surface area (Å²) >= 11 is 0. The van der Waals surface area contributed by atoms with Gasteiger partial charge in [0, 0.05) is 19.8 Å². The Hall–Kier alpha value is -0.0631. The molecule has 1 aliphatic heterocycles. The first-order valence-electron chi connectivity index (χ1n) is 6.58. The summed E-state index contributed by atoms with van der Waals surface area (Å²) in [5.74, 6) is -2.82. The van der Waals surface area contributed by atoms with E-state index < -0.39 is 25.9 Å². The van der Waals surface area contributed by atoms with Crippen molar-refractivity contribution < 1.29 is 34.0 Å². The van der Waals surface area contributed by atoms with Crippen LogP contribution in [-0.4, -0.2) is 66.1 Å². The van der Waals surface area contributed by atoms with E-state index >= 15 is 0 Å². The molecule has 114 valence electrons. The molecule has 2 atom stereocenters. The van der Waals surface area contributed by atoms with Crippen LogP contribution >= 0.6 is 0 Å². The largest absolute Gasteiger partial charge is 0.407 e. The Balaban J connectivity index is 3.25. The summed E-state index contributed by atoms with van der Waals surface area (Å²) in [7, 11) is -3.46. The van der Waals surface area contributed by atoms with Gasteiger partial charge in [-0.25, -0.2) is 0 Å². The van der Waals surface area contributed by atoms with Crippen LogP contribution in [0.1, 0.15) is 27.2 Å². The van der Waals surface area contributed by atoms with Crippen molar-refractivity contribution in [2.24, 2.45) is 0 Å². The predicted octanol–water partition coefficient (Wildman–Crippen LogP) is -0.789. The van der Waals surface area contributed by atoms with Crippen LogP contribution in [-0.2, 0) is 13.6 Å². The van der Waals surface area contributed by atoms with Crippen LogP contribution in [0.2, 0.25) is 6.04 Å². The highest BCUT2D eigenvalue weighted by Gasteiger charge is 2.74. The van der Waals surface area contributed by atoms with Crippen LogP contribution in [0.3, 0.4) is 0 Å². The van der Waals surface area contributed by atoms with E-state index in [0.29, 0.717) is 0 Å². The van der Waals surface area contributed by atoms with Crippen molar-refractivity contribution in [3.63, 3.8) is 0 Å². The molecule has 1 aliphatic rings. The molecule has 0 aromatic heterocycles. The molecule has 7 nitrogen and oxygen atoms in total. The van der Waals surface area contributed by atoms with Crippen molar-refractivity contribution in [1.29, 1.82) is 0 Å². The number of aliphatic hydroxyl groups is 4. The maximum Gasteiger partial charge on any atom is 0.407 e. The van der Waals surface area contributed by atoms with Crippen molar-refractivity contribution >= 4 is 8.56 Å². The molecule has 0 amide bonds. The summed E-state index contributed by atoms with van der Waals surface area (Å²) in [6.07, 6.45) is -1.46. The minimum Gasteiger partial charge on any atom is -0.391 e. The predicted molar refractivity (Wildman–Crippen MR) is 68.2 cm³/mol. The molecule has 19 heavy (non-hydrogen) atoms. The van der Waals surface area contributed by atoms with Crippen LogP contribution in [0.25, 0.3) is 0 Å². The van der Waals surface area contributed by atoms with E-state index in [9.17, 15) is 20.4 Å². The van der Waals surface area contributed by atoms with Crippen LogP contribution in [0.4, 0.5) is 0 Å². The molecular weight excluding hydrogens is 272 g/mol. The zero-order valence-corrected chi connectivity index (χ0v) is 12.6. The molecule has 0 aromatic rings. The van der Waals surface area contributed by atoms with E-state index in [1.165, 1.54) is 0 Å². The van der Waals surface area contributed by atoms with Crippen molar-refractivity contribution in [2.45, 2.75) is 50.5 Å². The second-order valence-corrected chi connectivity index (χ2v) is 7.74. The van der Waals surface area contributed by atoms with Gasteiger partial charge >= 0.3 is 8.56 Å². The highest BCUT2D eigenvalue weighted by Crippen LogP contribution is 2.44. The molecule has 2 unspecified atom stereocenters. The topological polar surface area (TPSA) is 109 Å². The molecule has 1 fully saturated rings. The average molecular weight is 296 g/mol. The summed E-state index contributed by atoms with van der Waals surface area (Å²) in [5.41, 5.74) is -2.43. The molecule has 0 radical (unpaired) electrons. The molecule has 0 saturated carbocycles. The van der Waals surface area contributed by atoms with Crippen molar-refractivity contribution in [3.8, 4) is 0 Å². The third kappa shape index (κ3) is 2.59. The lowest BCUT2D eigenvalue weighted by molar-refractivity contribution is -0.379. The summed E-state index contributed by atoms with van der Waals surface area (Å²) in [4.78, 5) is 0. The highest BCUT2D eigenvalue weighted by atomic mass is 28.4. The molecule has 8 heteroatoms. The molecule has 1 heterocycles. The minimum atomic E-state index is -3.46. The maximum absolute atomic E-state index is 10.7. The van der Waals surface area contributed by atoms with Gasteiger partial charge in [0.25, 0.3) is 5.41 Å². The van der Waals surface area contributed by atoms with Gasteiger partial charge in [-0.3, -0.25) is 0 Å². The van der Waals surface area contributed by atoms with Crippen molar-refractivity contribution in [2.75, 3.05) is 19.8 Å². The van der Waals surface area contributed by atoms with E-state index in [2.05, 4.69) is 0 Å². The van der Waals surface area contributed by atoms with E-state index in [0.717, 1.165) is 0 Å². The fourth-order valence-corrected chi connectivity index (χ4v) is 6.26. The van der Waals surface area contributed by atoms with E-state index in [4.69, 9.17) is 13.6 Å². The third-order valence-corrected chi connectivity index (χ3v) is 7.34. The SMILES string of the molecule is CCOC1(O)C(O)(O)C(O)CC[Si]1(OCC)OCC.